The van der Waals surface area contributed by atoms with E-state index >= 15 is 0 Å². The molecule has 0 N–H and O–H groups in total. The molecule has 2 atom stereocenters. The van der Waals surface area contributed by atoms with Gasteiger partial charge in [-0.2, -0.15) is 0 Å². The molecule has 0 bridgehead atoms. The summed E-state index contributed by atoms with van der Waals surface area (Å²) in [6.07, 6.45) is 0.548. The Labute approximate surface area is 207 Å². The Morgan fingerprint density at radius 2 is 1.89 bits per heavy atom. The number of imidazole rings is 1. The number of hydrogen-bond acceptors (Lipinski definition) is 5. The van der Waals surface area contributed by atoms with E-state index in [1.807, 2.05) is 4.90 Å². The van der Waals surface area contributed by atoms with Crippen molar-refractivity contribution in [3.8, 4) is 5.75 Å². The van der Waals surface area contributed by atoms with Crippen molar-refractivity contribution in [2.75, 3.05) is 39.3 Å². The molecule has 1 aliphatic carbocycles. The van der Waals surface area contributed by atoms with E-state index in [0.29, 0.717) is 42.1 Å². The fourth-order valence-electron chi connectivity index (χ4n) is 5.61. The van der Waals surface area contributed by atoms with E-state index in [9.17, 15) is 22.8 Å². The van der Waals surface area contributed by atoms with Gasteiger partial charge < -0.3 is 19.1 Å². The van der Waals surface area contributed by atoms with Gasteiger partial charge in [-0.1, -0.05) is 12.1 Å². The molecule has 2 saturated heterocycles. The molecule has 8 nitrogen and oxygen atoms in total. The molecule has 194 valence electrons. The second kappa shape index (κ2) is 9.76. The molecule has 3 fully saturated rings. The Balaban J connectivity index is 1.23. The second-order valence-electron chi connectivity index (χ2n) is 10.1. The summed E-state index contributed by atoms with van der Waals surface area (Å²) in [6.45, 7) is 4.44. The molecule has 2 amide bonds. The topological polar surface area (TPSA) is 70.9 Å². The van der Waals surface area contributed by atoms with Crippen molar-refractivity contribution in [1.82, 2.24) is 24.3 Å². The molecular formula is C25H30F3N5O3. The van der Waals surface area contributed by atoms with Crippen molar-refractivity contribution in [2.24, 2.45) is 24.8 Å². The van der Waals surface area contributed by atoms with E-state index in [0.717, 1.165) is 39.0 Å². The van der Waals surface area contributed by atoms with Crippen molar-refractivity contribution in [1.29, 1.82) is 0 Å². The molecule has 11 heteroatoms. The number of rotatable bonds is 8. The summed E-state index contributed by atoms with van der Waals surface area (Å²) in [5.41, 5.74) is 0.841. The van der Waals surface area contributed by atoms with Crippen LogP contribution in [0.3, 0.4) is 0 Å². The smallest absolute Gasteiger partial charge is 0.406 e. The van der Waals surface area contributed by atoms with Crippen LogP contribution in [0.2, 0.25) is 0 Å². The van der Waals surface area contributed by atoms with Crippen molar-refractivity contribution < 1.29 is 27.5 Å². The van der Waals surface area contributed by atoms with Gasteiger partial charge in [0.25, 0.3) is 5.91 Å². The Bertz CT molecular complexity index is 1100. The zero-order valence-electron chi connectivity index (χ0n) is 20.2. The van der Waals surface area contributed by atoms with E-state index < -0.39 is 6.36 Å². The normalized spacial score (nSPS) is 23.6. The number of hydrogen-bond donors (Lipinski definition) is 0. The zero-order chi connectivity index (χ0) is 25.4. The largest absolute Gasteiger partial charge is 0.573 e. The lowest BCUT2D eigenvalue weighted by molar-refractivity contribution is -0.274. The molecule has 1 aromatic carbocycles. The molecule has 0 spiro atoms. The number of piperidine rings is 1. The molecule has 0 radical (unpaired) electrons. The summed E-state index contributed by atoms with van der Waals surface area (Å²) in [5.74, 6) is 0.741. The molecule has 2 aliphatic heterocycles. The van der Waals surface area contributed by atoms with Gasteiger partial charge in [0.15, 0.2) is 0 Å². The molecule has 2 aromatic rings. The van der Waals surface area contributed by atoms with Gasteiger partial charge in [0.2, 0.25) is 5.91 Å². The lowest BCUT2D eigenvalue weighted by atomic mass is 10.1. The van der Waals surface area contributed by atoms with E-state index in [-0.39, 0.29) is 24.1 Å². The number of aryl methyl sites for hydroxylation is 1. The average molecular weight is 506 g/mol. The first-order chi connectivity index (χ1) is 17.2. The quantitative estimate of drug-likeness (QED) is 0.552. The number of carbonyl (C=O) groups excluding carboxylic acids is 2. The average Bonchev–Trinajstić information content (AvgIpc) is 3.33. The first-order valence-electron chi connectivity index (χ1n) is 12.3. The number of aromatic nitrogens is 2. The fraction of sp³-hybridized carbons (Fsp3) is 0.560. The summed E-state index contributed by atoms with van der Waals surface area (Å²) in [4.78, 5) is 35.8. The number of carbonyl (C=O) groups is 2. The number of nitrogens with zero attached hydrogens (tertiary/aromatic N) is 5. The molecule has 36 heavy (non-hydrogen) atoms. The molecule has 2 unspecified atom stereocenters. The number of halogens is 3. The first kappa shape index (κ1) is 24.6. The van der Waals surface area contributed by atoms with Crippen molar-refractivity contribution >= 4 is 11.8 Å². The monoisotopic (exact) mass is 505 g/mol. The van der Waals surface area contributed by atoms with Gasteiger partial charge in [0, 0.05) is 52.5 Å². The van der Waals surface area contributed by atoms with Gasteiger partial charge in [-0.3, -0.25) is 14.5 Å². The van der Waals surface area contributed by atoms with Gasteiger partial charge >= 0.3 is 6.36 Å². The Morgan fingerprint density at radius 1 is 1.17 bits per heavy atom. The van der Waals surface area contributed by atoms with Crippen LogP contribution in [-0.4, -0.2) is 81.7 Å². The minimum Gasteiger partial charge on any atom is -0.406 e. The number of amides is 2. The van der Waals surface area contributed by atoms with Crippen LogP contribution in [0.25, 0.3) is 0 Å². The summed E-state index contributed by atoms with van der Waals surface area (Å²) < 4.78 is 43.8. The summed E-state index contributed by atoms with van der Waals surface area (Å²) in [5, 5.41) is 0. The lowest BCUT2D eigenvalue weighted by Crippen LogP contribution is -2.40. The van der Waals surface area contributed by atoms with Gasteiger partial charge in [0.1, 0.15) is 11.4 Å². The molecule has 1 saturated carbocycles. The maximum Gasteiger partial charge on any atom is 0.573 e. The van der Waals surface area contributed by atoms with Crippen LogP contribution in [0, 0.1) is 17.8 Å². The summed E-state index contributed by atoms with van der Waals surface area (Å²) >= 11 is 0. The maximum atomic E-state index is 13.3. The standard InChI is InChI=1S/C25H30F3N5O3/c1-30-14-22(29-16-30)24(35)33(10-17-5-4-6-18(9-17)36-25(26,27)28)13-21-19-11-31(12-20(19)21)15-23(34)32-7-2-3-8-32/h4-6,9,14,16,19-21H,2-3,7-8,10-13,15H2,1H3. The van der Waals surface area contributed by atoms with Crippen LogP contribution < -0.4 is 4.74 Å². The maximum absolute atomic E-state index is 13.3. The Hall–Kier alpha value is -3.08. The highest BCUT2D eigenvalue weighted by molar-refractivity contribution is 5.92. The Kier molecular flexibility index (Phi) is 6.67. The number of benzene rings is 1. The van der Waals surface area contributed by atoms with Crippen LogP contribution in [0.1, 0.15) is 28.9 Å². The third kappa shape index (κ3) is 5.66. The van der Waals surface area contributed by atoms with Crippen LogP contribution in [-0.2, 0) is 18.4 Å². The fourth-order valence-corrected chi connectivity index (χ4v) is 5.61. The first-order valence-corrected chi connectivity index (χ1v) is 12.3. The zero-order valence-corrected chi connectivity index (χ0v) is 20.2. The minimum atomic E-state index is -4.78. The van der Waals surface area contributed by atoms with E-state index in [2.05, 4.69) is 14.6 Å². The van der Waals surface area contributed by atoms with E-state index in [1.165, 1.54) is 18.2 Å². The van der Waals surface area contributed by atoms with Gasteiger partial charge in [0.05, 0.1) is 12.9 Å². The van der Waals surface area contributed by atoms with Gasteiger partial charge in [-0.15, -0.1) is 13.2 Å². The number of alkyl halides is 3. The molecule has 1 aromatic heterocycles. The van der Waals surface area contributed by atoms with Gasteiger partial charge in [-0.25, -0.2) is 4.98 Å². The van der Waals surface area contributed by atoms with Crippen molar-refractivity contribution in [3.05, 3.63) is 48.0 Å². The number of fused-ring (bicyclic) bond motifs is 1. The third-order valence-corrected chi connectivity index (χ3v) is 7.41. The predicted octanol–water partition coefficient (Wildman–Crippen LogP) is 2.76. The lowest BCUT2D eigenvalue weighted by Gasteiger charge is -2.26. The summed E-state index contributed by atoms with van der Waals surface area (Å²) in [7, 11) is 1.77. The van der Waals surface area contributed by atoms with Crippen LogP contribution in [0.5, 0.6) is 5.75 Å². The second-order valence-corrected chi connectivity index (χ2v) is 10.1. The molecular weight excluding hydrogens is 475 g/mol. The highest BCUT2D eigenvalue weighted by Gasteiger charge is 2.56. The summed E-state index contributed by atoms with van der Waals surface area (Å²) in [6, 6.07) is 5.72. The van der Waals surface area contributed by atoms with Gasteiger partial charge in [-0.05, 0) is 48.3 Å². The highest BCUT2D eigenvalue weighted by Crippen LogP contribution is 2.52. The Morgan fingerprint density at radius 3 is 2.53 bits per heavy atom. The molecule has 3 aliphatic rings. The molecule has 3 heterocycles. The van der Waals surface area contributed by atoms with E-state index in [1.54, 1.807) is 35.1 Å². The number of likely N-dealkylation sites (tertiary alicyclic amines) is 2. The van der Waals surface area contributed by atoms with Crippen LogP contribution >= 0.6 is 0 Å². The van der Waals surface area contributed by atoms with Crippen molar-refractivity contribution in [3.63, 3.8) is 0 Å². The molecule has 5 rings (SSSR count). The SMILES string of the molecule is Cn1cnc(C(=O)N(Cc2cccc(OC(F)(F)F)c2)CC2C3CN(CC(=O)N4CCCC4)CC32)c1. The third-order valence-electron chi connectivity index (χ3n) is 7.41. The van der Waals surface area contributed by atoms with Crippen LogP contribution in [0.15, 0.2) is 36.8 Å². The highest BCUT2D eigenvalue weighted by atomic mass is 19.4. The van der Waals surface area contributed by atoms with E-state index in [4.69, 9.17) is 0 Å². The predicted molar refractivity (Wildman–Crippen MR) is 124 cm³/mol. The van der Waals surface area contributed by atoms with Crippen molar-refractivity contribution in [2.45, 2.75) is 25.7 Å². The van der Waals surface area contributed by atoms with Crippen LogP contribution in [0.4, 0.5) is 13.2 Å². The minimum absolute atomic E-state index is 0.150. The number of ether oxygens (including phenoxy) is 1.